The van der Waals surface area contributed by atoms with E-state index in [4.69, 9.17) is 25.4 Å². The quantitative estimate of drug-likeness (QED) is 0.106. The minimum atomic E-state index is -3.57. The molecule has 0 radical (unpaired) electrons. The highest BCUT2D eigenvalue weighted by atomic mass is 35.5. The number of hydrogen-bond acceptors (Lipinski definition) is 13. The molecule has 57 heavy (non-hydrogen) atoms. The molecule has 4 aromatic rings. The van der Waals surface area contributed by atoms with E-state index in [-0.39, 0.29) is 29.2 Å². The summed E-state index contributed by atoms with van der Waals surface area (Å²) in [6, 6.07) is 18.7. The van der Waals surface area contributed by atoms with Crippen molar-refractivity contribution in [3.8, 4) is 5.75 Å². The Balaban J connectivity index is 0.933. The lowest BCUT2D eigenvalue weighted by Gasteiger charge is -2.38. The topological polar surface area (TPSA) is 168 Å². The van der Waals surface area contributed by atoms with Crippen LogP contribution in [0.2, 0.25) is 5.02 Å². The summed E-state index contributed by atoms with van der Waals surface area (Å²) >= 11 is 6.47. The van der Waals surface area contributed by atoms with E-state index in [1.165, 1.54) is 20.4 Å². The lowest BCUT2D eigenvalue weighted by molar-refractivity contribution is -0.136. The fourth-order valence-corrected chi connectivity index (χ4v) is 9.04. The molecule has 2 fully saturated rings. The molecular weight excluding hydrogens is 771 g/mol. The van der Waals surface area contributed by atoms with Gasteiger partial charge in [-0.25, -0.2) is 4.98 Å². The molecule has 2 saturated heterocycles. The number of halogens is 1. The Morgan fingerprint density at radius 2 is 1.74 bits per heavy atom. The molecule has 300 valence electrons. The second kappa shape index (κ2) is 17.2. The van der Waals surface area contributed by atoms with Crippen molar-refractivity contribution >= 4 is 71.1 Å². The SMILES string of the molecule is COc1cc(N2CCC(N(C)CCc3ccc4c(c3)CN(C3CCC(=O)NC3=O)C4=O)CC2)ccc1Nc1ncc(Cl)c(Nc2ccccc2P(=O)(OC)OC)n1. The summed E-state index contributed by atoms with van der Waals surface area (Å²) in [4.78, 5) is 52.5. The van der Waals surface area contributed by atoms with Crippen LogP contribution in [0.15, 0.2) is 66.9 Å². The predicted molar refractivity (Wildman–Crippen MR) is 218 cm³/mol. The number of ether oxygens (including phenoxy) is 1. The maximum Gasteiger partial charge on any atom is 0.362 e. The van der Waals surface area contributed by atoms with Crippen molar-refractivity contribution in [1.82, 2.24) is 25.1 Å². The Morgan fingerprint density at radius 3 is 2.47 bits per heavy atom. The van der Waals surface area contributed by atoms with E-state index in [0.717, 1.165) is 55.7 Å². The summed E-state index contributed by atoms with van der Waals surface area (Å²) < 4.78 is 29.4. The Labute approximate surface area is 336 Å². The first kappa shape index (κ1) is 40.2. The second-order valence-electron chi connectivity index (χ2n) is 14.2. The minimum Gasteiger partial charge on any atom is -0.494 e. The van der Waals surface area contributed by atoms with Crippen LogP contribution < -0.4 is 30.9 Å². The zero-order valence-corrected chi connectivity index (χ0v) is 33.9. The summed E-state index contributed by atoms with van der Waals surface area (Å²) in [5, 5.41) is 9.35. The fraction of sp³-hybridized carbons (Fsp3) is 0.375. The van der Waals surface area contributed by atoms with Crippen LogP contribution in [0.5, 0.6) is 5.75 Å². The highest BCUT2D eigenvalue weighted by Crippen LogP contribution is 2.47. The zero-order chi connectivity index (χ0) is 40.3. The zero-order valence-electron chi connectivity index (χ0n) is 32.3. The second-order valence-corrected chi connectivity index (χ2v) is 16.9. The Morgan fingerprint density at radius 1 is 0.965 bits per heavy atom. The molecule has 1 atom stereocenters. The van der Waals surface area contributed by atoms with Gasteiger partial charge in [0.2, 0.25) is 17.8 Å². The van der Waals surface area contributed by atoms with Crippen LogP contribution >= 0.6 is 19.2 Å². The number of carbonyl (C=O) groups is 3. The van der Waals surface area contributed by atoms with Crippen LogP contribution in [0, 0.1) is 0 Å². The van der Waals surface area contributed by atoms with Gasteiger partial charge >= 0.3 is 7.60 Å². The van der Waals surface area contributed by atoms with Crippen LogP contribution in [0.3, 0.4) is 0 Å². The van der Waals surface area contributed by atoms with Crippen molar-refractivity contribution in [1.29, 1.82) is 0 Å². The summed E-state index contributed by atoms with van der Waals surface area (Å²) in [5.74, 6) is 0.362. The van der Waals surface area contributed by atoms with Gasteiger partial charge in [0.05, 0.1) is 30.0 Å². The number of methoxy groups -OCH3 is 1. The molecule has 15 nitrogen and oxygen atoms in total. The number of benzene rings is 3. The number of likely N-dealkylation sites (N-methyl/N-ethyl adjacent to an activating group) is 1. The molecule has 3 aliphatic rings. The Kier molecular flexibility index (Phi) is 12.1. The van der Waals surface area contributed by atoms with Gasteiger partial charge in [0.1, 0.15) is 16.8 Å². The van der Waals surface area contributed by atoms with Gasteiger partial charge in [-0.3, -0.25) is 24.3 Å². The molecule has 7 rings (SSSR count). The highest BCUT2D eigenvalue weighted by Gasteiger charge is 2.39. The lowest BCUT2D eigenvalue weighted by Crippen LogP contribution is -2.52. The number of aromatic nitrogens is 2. The number of anilines is 5. The number of imide groups is 1. The first-order valence-corrected chi connectivity index (χ1v) is 20.7. The largest absolute Gasteiger partial charge is 0.494 e. The van der Waals surface area contributed by atoms with Crippen molar-refractivity contribution in [2.75, 3.05) is 63.5 Å². The molecule has 17 heteroatoms. The standard InChI is InChI=1S/C40H46ClN8O7P/c1-47(18-15-25-9-11-29-26(21-25)24-49(39(29)52)33-13-14-36(50)45-38(33)51)27-16-19-48(20-17-27)28-10-12-31(34(22-28)54-2)44-40-42-23-30(41)37(46-40)43-32-7-5-6-8-35(32)57(53,55-3)56-4/h5-12,21-23,27,33H,13-20,24H2,1-4H3,(H,45,50,51)(H2,42,43,44,46). The smallest absolute Gasteiger partial charge is 0.362 e. The number of rotatable bonds is 14. The summed E-state index contributed by atoms with van der Waals surface area (Å²) in [6.45, 7) is 3.03. The van der Waals surface area contributed by atoms with E-state index in [2.05, 4.69) is 48.8 Å². The molecule has 1 aromatic heterocycles. The maximum absolute atomic E-state index is 13.2. The number of nitrogens with one attached hydrogen (secondary N) is 3. The van der Waals surface area contributed by atoms with Crippen molar-refractivity contribution in [3.63, 3.8) is 0 Å². The molecule has 0 aliphatic carbocycles. The van der Waals surface area contributed by atoms with Crippen molar-refractivity contribution in [2.45, 2.75) is 50.7 Å². The summed E-state index contributed by atoms with van der Waals surface area (Å²) in [5.41, 5.74) is 4.90. The van der Waals surface area contributed by atoms with E-state index >= 15 is 0 Å². The molecule has 0 spiro atoms. The van der Waals surface area contributed by atoms with Crippen LogP contribution in [0.1, 0.15) is 47.2 Å². The summed E-state index contributed by atoms with van der Waals surface area (Å²) in [7, 11) is 2.88. The molecule has 3 aromatic carbocycles. The van der Waals surface area contributed by atoms with Gasteiger partial charge in [-0.1, -0.05) is 35.9 Å². The van der Waals surface area contributed by atoms with E-state index in [0.29, 0.717) is 52.8 Å². The molecular formula is C40H46ClN8O7P. The number of piperidine rings is 2. The molecule has 0 saturated carbocycles. The van der Waals surface area contributed by atoms with E-state index in [9.17, 15) is 18.9 Å². The van der Waals surface area contributed by atoms with Crippen LogP contribution in [0.4, 0.5) is 28.8 Å². The first-order chi connectivity index (χ1) is 27.5. The fourth-order valence-electron chi connectivity index (χ4n) is 7.67. The van der Waals surface area contributed by atoms with Crippen LogP contribution in [0.25, 0.3) is 0 Å². The lowest BCUT2D eigenvalue weighted by atomic mass is 10.0. The van der Waals surface area contributed by atoms with Gasteiger partial charge in [-0.05, 0) is 74.2 Å². The normalized spacial score (nSPS) is 17.5. The first-order valence-electron chi connectivity index (χ1n) is 18.8. The van der Waals surface area contributed by atoms with Crippen LogP contribution in [-0.2, 0) is 36.2 Å². The highest BCUT2D eigenvalue weighted by molar-refractivity contribution is 7.62. The van der Waals surface area contributed by atoms with Gasteiger partial charge in [0.15, 0.2) is 5.82 Å². The monoisotopic (exact) mass is 816 g/mol. The van der Waals surface area contributed by atoms with Crippen molar-refractivity contribution in [3.05, 3.63) is 88.6 Å². The molecule has 1 unspecified atom stereocenters. The van der Waals surface area contributed by atoms with Crippen LogP contribution in [-0.4, -0.2) is 97.6 Å². The average Bonchev–Trinajstić information content (AvgIpc) is 3.55. The molecule has 4 heterocycles. The van der Waals surface area contributed by atoms with Gasteiger partial charge in [-0.15, -0.1) is 0 Å². The third-order valence-electron chi connectivity index (χ3n) is 10.9. The Hall–Kier alpha value is -5.05. The number of nitrogens with zero attached hydrogens (tertiary/aromatic N) is 5. The van der Waals surface area contributed by atoms with E-state index in [1.807, 2.05) is 30.3 Å². The van der Waals surface area contributed by atoms with Gasteiger partial charge in [0, 0.05) is 70.2 Å². The number of fused-ring (bicyclic) bond motifs is 1. The summed E-state index contributed by atoms with van der Waals surface area (Å²) in [6.07, 6.45) is 4.91. The molecule has 3 amide bonds. The van der Waals surface area contributed by atoms with E-state index in [1.54, 1.807) is 36.3 Å². The number of carbonyl (C=O) groups excluding carboxylic acids is 3. The molecule has 0 bridgehead atoms. The third kappa shape index (κ3) is 8.63. The minimum absolute atomic E-state index is 0.152. The number of hydrogen-bond donors (Lipinski definition) is 3. The molecule has 3 N–H and O–H groups in total. The maximum atomic E-state index is 13.2. The molecule has 3 aliphatic heterocycles. The van der Waals surface area contributed by atoms with Crippen molar-refractivity contribution < 1.29 is 32.7 Å². The van der Waals surface area contributed by atoms with E-state index < -0.39 is 19.5 Å². The van der Waals surface area contributed by atoms with Gasteiger partial charge in [0.25, 0.3) is 5.91 Å². The predicted octanol–water partition coefficient (Wildman–Crippen LogP) is 5.64. The number of para-hydroxylation sites is 1. The van der Waals surface area contributed by atoms with Gasteiger partial charge in [-0.2, -0.15) is 4.98 Å². The Bertz CT molecular complexity index is 2210. The third-order valence-corrected chi connectivity index (χ3v) is 13.1. The number of amides is 3. The van der Waals surface area contributed by atoms with Gasteiger partial charge < -0.3 is 39.1 Å². The average molecular weight is 817 g/mol. The van der Waals surface area contributed by atoms with Crippen molar-refractivity contribution in [2.24, 2.45) is 0 Å².